The normalized spacial score (nSPS) is 16.5. The van der Waals surface area contributed by atoms with Gasteiger partial charge in [0.25, 0.3) is 0 Å². The van der Waals surface area contributed by atoms with Crippen LogP contribution in [0.4, 0.5) is 0 Å². The van der Waals surface area contributed by atoms with Crippen molar-refractivity contribution in [3.8, 4) is 0 Å². The molecule has 2 aromatic carbocycles. The molecule has 0 saturated heterocycles. The van der Waals surface area contributed by atoms with E-state index in [0.29, 0.717) is 0 Å². The van der Waals surface area contributed by atoms with Crippen LogP contribution in [0, 0.1) is 6.07 Å². The third kappa shape index (κ3) is 2.46. The smallest absolute Gasteiger partial charge is 0.0571 e. The molecule has 0 saturated carbocycles. The third-order valence-electron chi connectivity index (χ3n) is 3.83. The zero-order valence-corrected chi connectivity index (χ0v) is 13.9. The summed E-state index contributed by atoms with van der Waals surface area (Å²) in [6.45, 7) is 0.773. The van der Waals surface area contributed by atoms with Crippen LogP contribution in [-0.2, 0) is 20.1 Å². The van der Waals surface area contributed by atoms with Crippen LogP contribution in [0.25, 0.3) is 16.3 Å². The van der Waals surface area contributed by atoms with Gasteiger partial charge in [-0.05, 0) is 12.0 Å². The summed E-state index contributed by atoms with van der Waals surface area (Å²) in [5.41, 5.74) is 4.76. The summed E-state index contributed by atoms with van der Waals surface area (Å²) in [7, 11) is 0. The van der Waals surface area contributed by atoms with Gasteiger partial charge < -0.3 is 0 Å². The van der Waals surface area contributed by atoms with E-state index in [0.717, 1.165) is 18.7 Å². The number of nitrogens with zero attached hydrogens (tertiary/aromatic N) is 1. The van der Waals surface area contributed by atoms with Crippen molar-refractivity contribution in [1.29, 1.82) is 0 Å². The molecular formula is C19H14IrN-. The van der Waals surface area contributed by atoms with E-state index >= 15 is 0 Å². The molecule has 4 rings (SSSR count). The van der Waals surface area contributed by atoms with Crippen molar-refractivity contribution in [2.45, 2.75) is 6.42 Å². The second kappa shape index (κ2) is 5.93. The van der Waals surface area contributed by atoms with E-state index < -0.39 is 0 Å². The summed E-state index contributed by atoms with van der Waals surface area (Å²) in [6.07, 6.45) is 9.76. The monoisotopic (exact) mass is 449 g/mol. The molecule has 1 aliphatic heterocycles. The number of hydrogen-bond acceptors (Lipinski definition) is 1. The second-order valence-corrected chi connectivity index (χ2v) is 5.04. The molecule has 2 heteroatoms. The Balaban J connectivity index is 0.00000132. The number of aliphatic imine (C=N–C) groups is 1. The summed E-state index contributed by atoms with van der Waals surface area (Å²) in [6, 6.07) is 16.0. The molecule has 0 N–H and O–H groups in total. The molecule has 1 nitrogen and oxygen atoms in total. The number of hydrogen-bond donors (Lipinski definition) is 0. The number of allylic oxidation sites excluding steroid dienone is 5. The van der Waals surface area contributed by atoms with Crippen molar-refractivity contribution in [2.24, 2.45) is 4.99 Å². The molecule has 105 valence electrons. The van der Waals surface area contributed by atoms with Crippen LogP contribution >= 0.6 is 0 Å². The van der Waals surface area contributed by atoms with Crippen molar-refractivity contribution in [2.75, 3.05) is 6.54 Å². The number of rotatable bonds is 1. The number of benzene rings is 2. The van der Waals surface area contributed by atoms with Gasteiger partial charge in [-0.1, -0.05) is 48.1 Å². The topological polar surface area (TPSA) is 12.4 Å². The molecule has 2 aliphatic rings. The molecule has 0 bridgehead atoms. The fourth-order valence-electron chi connectivity index (χ4n) is 2.91. The minimum absolute atomic E-state index is 0. The van der Waals surface area contributed by atoms with Crippen LogP contribution in [-0.4, -0.2) is 12.3 Å². The maximum absolute atomic E-state index is 4.69. The number of fused-ring (bicyclic) bond motifs is 2. The fourth-order valence-corrected chi connectivity index (χ4v) is 2.91. The van der Waals surface area contributed by atoms with Crippen LogP contribution in [0.3, 0.4) is 0 Å². The zero-order valence-electron chi connectivity index (χ0n) is 11.5. The third-order valence-corrected chi connectivity index (χ3v) is 3.83. The van der Waals surface area contributed by atoms with Gasteiger partial charge in [0.05, 0.1) is 6.54 Å². The van der Waals surface area contributed by atoms with E-state index in [1.54, 1.807) is 0 Å². The molecular weight excluding hydrogens is 434 g/mol. The number of dihydropyridines is 1. The molecule has 0 unspecified atom stereocenters. The van der Waals surface area contributed by atoms with Gasteiger partial charge in [0.1, 0.15) is 0 Å². The molecule has 1 aliphatic carbocycles. The first-order chi connectivity index (χ1) is 9.93. The zero-order chi connectivity index (χ0) is 13.4. The Labute approximate surface area is 138 Å². The van der Waals surface area contributed by atoms with Crippen molar-refractivity contribution in [3.05, 3.63) is 77.9 Å². The summed E-state index contributed by atoms with van der Waals surface area (Å²) in [5, 5.41) is 2.50. The van der Waals surface area contributed by atoms with Gasteiger partial charge in [-0.2, -0.15) is 0 Å². The Hall–Kier alpha value is -1.76. The summed E-state index contributed by atoms with van der Waals surface area (Å²) >= 11 is 0. The van der Waals surface area contributed by atoms with E-state index in [1.807, 2.05) is 6.07 Å². The van der Waals surface area contributed by atoms with E-state index in [9.17, 15) is 0 Å². The molecule has 0 spiro atoms. The molecule has 0 aromatic heterocycles. The molecule has 0 fully saturated rings. The summed E-state index contributed by atoms with van der Waals surface area (Å²) < 4.78 is 0. The molecule has 0 atom stereocenters. The van der Waals surface area contributed by atoms with E-state index in [4.69, 9.17) is 0 Å². The SMILES string of the molecule is [Ir].[c-]1ccc2ccccc2c1C1=CCC=C2C=CCN=C21. The average Bonchev–Trinajstić information content (AvgIpc) is 2.54. The maximum atomic E-state index is 4.69. The summed E-state index contributed by atoms with van der Waals surface area (Å²) in [5.74, 6) is 0. The van der Waals surface area contributed by atoms with Gasteiger partial charge in [0, 0.05) is 25.8 Å². The van der Waals surface area contributed by atoms with Crippen molar-refractivity contribution in [3.63, 3.8) is 0 Å². The van der Waals surface area contributed by atoms with Gasteiger partial charge in [-0.3, -0.25) is 4.99 Å². The molecule has 1 heterocycles. The van der Waals surface area contributed by atoms with Gasteiger partial charge in [-0.15, -0.1) is 40.6 Å². The Morgan fingerprint density at radius 1 is 1.05 bits per heavy atom. The van der Waals surface area contributed by atoms with Crippen molar-refractivity contribution in [1.82, 2.24) is 0 Å². The Kier molecular flexibility index (Phi) is 4.01. The first kappa shape index (κ1) is 14.2. The van der Waals surface area contributed by atoms with E-state index in [2.05, 4.69) is 65.7 Å². The van der Waals surface area contributed by atoms with Crippen LogP contribution in [0.1, 0.15) is 12.0 Å². The first-order valence-corrected chi connectivity index (χ1v) is 6.95. The van der Waals surface area contributed by atoms with E-state index in [1.165, 1.54) is 27.5 Å². The quantitative estimate of drug-likeness (QED) is 0.575. The predicted molar refractivity (Wildman–Crippen MR) is 84.9 cm³/mol. The standard InChI is InChI=1S/C19H14N.Ir/c1-2-10-16-14(6-1)7-3-11-17(16)18-12-4-8-15-9-5-13-20-19(15)18;/h1-3,5-10,12H,4,13H2;/q-1;. The minimum Gasteiger partial charge on any atom is -0.290 e. The molecule has 21 heavy (non-hydrogen) atoms. The Morgan fingerprint density at radius 2 is 1.95 bits per heavy atom. The second-order valence-electron chi connectivity index (χ2n) is 5.04. The van der Waals surface area contributed by atoms with Crippen LogP contribution in [0.5, 0.6) is 0 Å². The Morgan fingerprint density at radius 3 is 2.90 bits per heavy atom. The Bertz CT molecular complexity index is 804. The average molecular weight is 449 g/mol. The first-order valence-electron chi connectivity index (χ1n) is 6.95. The van der Waals surface area contributed by atoms with Crippen molar-refractivity contribution >= 4 is 22.1 Å². The van der Waals surface area contributed by atoms with Crippen LogP contribution < -0.4 is 0 Å². The molecule has 0 amide bonds. The van der Waals surface area contributed by atoms with Gasteiger partial charge >= 0.3 is 0 Å². The van der Waals surface area contributed by atoms with Gasteiger partial charge in [0.2, 0.25) is 0 Å². The van der Waals surface area contributed by atoms with Crippen molar-refractivity contribution < 1.29 is 20.1 Å². The van der Waals surface area contributed by atoms with Crippen LogP contribution in [0.2, 0.25) is 0 Å². The predicted octanol–water partition coefficient (Wildman–Crippen LogP) is 4.36. The minimum atomic E-state index is 0. The van der Waals surface area contributed by atoms with Crippen LogP contribution in [0.15, 0.2) is 71.3 Å². The molecule has 1 radical (unpaired) electrons. The fraction of sp³-hybridized carbons (Fsp3) is 0.105. The van der Waals surface area contributed by atoms with Gasteiger partial charge in [-0.25, -0.2) is 0 Å². The molecule has 2 aromatic rings. The summed E-state index contributed by atoms with van der Waals surface area (Å²) in [4.78, 5) is 4.69. The van der Waals surface area contributed by atoms with E-state index in [-0.39, 0.29) is 20.1 Å². The van der Waals surface area contributed by atoms with Gasteiger partial charge in [0.15, 0.2) is 0 Å². The maximum Gasteiger partial charge on any atom is 0.0571 e. The largest absolute Gasteiger partial charge is 0.290 e.